The van der Waals surface area contributed by atoms with Gasteiger partial charge in [-0.25, -0.2) is 0 Å². The Morgan fingerprint density at radius 2 is 1.52 bits per heavy atom. The highest BCUT2D eigenvalue weighted by molar-refractivity contribution is 8.04. The molecule has 2 aromatic rings. The van der Waals surface area contributed by atoms with Crippen LogP contribution in [-0.2, 0) is 4.74 Å². The molecule has 0 bridgehead atoms. The first-order valence-electron chi connectivity index (χ1n) is 7.09. The number of ether oxygens (including phenoxy) is 1. The molecule has 0 spiro atoms. The molecule has 0 radical (unpaired) electrons. The van der Waals surface area contributed by atoms with Gasteiger partial charge in [0.05, 0.1) is 0 Å². The minimum absolute atomic E-state index is 0.149. The van der Waals surface area contributed by atoms with E-state index in [2.05, 4.69) is 37.3 Å². The van der Waals surface area contributed by atoms with E-state index in [4.69, 9.17) is 10.5 Å². The molecule has 1 aliphatic heterocycles. The molecule has 2 aromatic carbocycles. The van der Waals surface area contributed by atoms with Crippen molar-refractivity contribution >= 4 is 11.8 Å². The van der Waals surface area contributed by atoms with Gasteiger partial charge in [-0.15, -0.1) is 0 Å². The second kappa shape index (κ2) is 6.06. The van der Waals surface area contributed by atoms with Crippen molar-refractivity contribution < 1.29 is 4.74 Å². The van der Waals surface area contributed by atoms with Crippen molar-refractivity contribution in [3.63, 3.8) is 0 Å². The summed E-state index contributed by atoms with van der Waals surface area (Å²) in [5, 5.41) is -0.680. The zero-order chi connectivity index (χ0) is 14.7. The van der Waals surface area contributed by atoms with E-state index in [0.29, 0.717) is 0 Å². The molecule has 0 fully saturated rings. The van der Waals surface area contributed by atoms with Crippen LogP contribution in [-0.4, -0.2) is 5.06 Å². The Balaban J connectivity index is 1.91. The summed E-state index contributed by atoms with van der Waals surface area (Å²) >= 11 is 1.60. The van der Waals surface area contributed by atoms with Crippen LogP contribution in [0.1, 0.15) is 30.6 Å². The average Bonchev–Trinajstić information content (AvgIpc) is 2.86. The summed E-state index contributed by atoms with van der Waals surface area (Å²) < 4.78 is 6.33. The lowest BCUT2D eigenvalue weighted by Crippen LogP contribution is -2.38. The Bertz CT molecular complexity index is 587. The van der Waals surface area contributed by atoms with Crippen molar-refractivity contribution in [2.75, 3.05) is 0 Å². The van der Waals surface area contributed by atoms with Gasteiger partial charge in [0, 0.05) is 6.42 Å². The molecule has 0 aromatic heterocycles. The third kappa shape index (κ3) is 3.38. The second-order valence-electron chi connectivity index (χ2n) is 5.25. The van der Waals surface area contributed by atoms with Gasteiger partial charge in [-0.1, -0.05) is 78.5 Å². The summed E-state index contributed by atoms with van der Waals surface area (Å²) in [5.74, 6) is 0. The molecule has 1 heterocycles. The molecule has 21 heavy (non-hydrogen) atoms. The summed E-state index contributed by atoms with van der Waals surface area (Å²) in [6, 6.07) is 20.5. The highest BCUT2D eigenvalue weighted by Gasteiger charge is 2.34. The summed E-state index contributed by atoms with van der Waals surface area (Å²) in [4.78, 5) is 1.22. The summed E-state index contributed by atoms with van der Waals surface area (Å²) in [7, 11) is 0. The second-order valence-corrected chi connectivity index (χ2v) is 6.79. The molecule has 2 N–H and O–H groups in total. The molecule has 0 amide bonds. The monoisotopic (exact) mass is 297 g/mol. The topological polar surface area (TPSA) is 35.2 Å². The van der Waals surface area contributed by atoms with Gasteiger partial charge in [-0.3, -0.25) is 5.73 Å². The molecule has 1 unspecified atom stereocenters. The number of thioether (sulfide) groups is 1. The third-order valence-corrected chi connectivity index (χ3v) is 4.63. The molecule has 1 atom stereocenters. The van der Waals surface area contributed by atoms with Crippen LogP contribution < -0.4 is 5.73 Å². The van der Waals surface area contributed by atoms with Gasteiger partial charge < -0.3 is 4.74 Å². The Hall–Kier alpha value is -1.55. The van der Waals surface area contributed by atoms with Gasteiger partial charge in [0.1, 0.15) is 6.10 Å². The van der Waals surface area contributed by atoms with Crippen LogP contribution >= 0.6 is 11.8 Å². The fraction of sp³-hybridized carbons (Fsp3) is 0.222. The largest absolute Gasteiger partial charge is 0.338 e. The highest BCUT2D eigenvalue weighted by Crippen LogP contribution is 2.43. The lowest BCUT2D eigenvalue weighted by Gasteiger charge is -2.30. The SMILES string of the molecule is CC1=CCC(N)(OC(c2ccccc2)c2ccccc2)S1. The average molecular weight is 297 g/mol. The molecular weight excluding hydrogens is 278 g/mol. The van der Waals surface area contributed by atoms with Crippen LogP contribution in [0.5, 0.6) is 0 Å². The van der Waals surface area contributed by atoms with Crippen molar-refractivity contribution in [3.05, 3.63) is 82.8 Å². The molecule has 2 nitrogen and oxygen atoms in total. The first kappa shape index (κ1) is 14.4. The maximum Gasteiger partial charge on any atom is 0.173 e. The molecular formula is C18H19NOS. The Morgan fingerprint density at radius 1 is 1.00 bits per heavy atom. The number of rotatable bonds is 4. The molecule has 0 saturated carbocycles. The fourth-order valence-corrected chi connectivity index (χ4v) is 3.52. The molecule has 108 valence electrons. The van der Waals surface area contributed by atoms with Crippen LogP contribution in [0.15, 0.2) is 71.6 Å². The van der Waals surface area contributed by atoms with E-state index in [0.717, 1.165) is 17.5 Å². The predicted molar refractivity (Wildman–Crippen MR) is 88.7 cm³/mol. The molecule has 1 aliphatic rings. The number of hydrogen-bond donors (Lipinski definition) is 1. The highest BCUT2D eigenvalue weighted by atomic mass is 32.2. The minimum Gasteiger partial charge on any atom is -0.338 e. The quantitative estimate of drug-likeness (QED) is 0.847. The van der Waals surface area contributed by atoms with Gasteiger partial charge >= 0.3 is 0 Å². The van der Waals surface area contributed by atoms with Gasteiger partial charge in [0.25, 0.3) is 0 Å². The van der Waals surface area contributed by atoms with E-state index < -0.39 is 5.06 Å². The van der Waals surface area contributed by atoms with Crippen molar-refractivity contribution in [1.82, 2.24) is 0 Å². The number of hydrogen-bond acceptors (Lipinski definition) is 3. The smallest absolute Gasteiger partial charge is 0.173 e. The minimum atomic E-state index is -0.680. The van der Waals surface area contributed by atoms with Crippen LogP contribution in [0.2, 0.25) is 0 Å². The number of nitrogens with two attached hydrogens (primary N) is 1. The lowest BCUT2D eigenvalue weighted by atomic mass is 10.0. The van der Waals surface area contributed by atoms with Gasteiger partial charge in [0.15, 0.2) is 5.06 Å². The van der Waals surface area contributed by atoms with E-state index in [1.807, 2.05) is 36.4 Å². The van der Waals surface area contributed by atoms with Crippen molar-refractivity contribution in [2.24, 2.45) is 5.73 Å². The fourth-order valence-electron chi connectivity index (χ4n) is 2.50. The normalized spacial score (nSPS) is 21.6. The maximum absolute atomic E-state index is 6.41. The van der Waals surface area contributed by atoms with Crippen molar-refractivity contribution in [2.45, 2.75) is 24.5 Å². The van der Waals surface area contributed by atoms with E-state index >= 15 is 0 Å². The Morgan fingerprint density at radius 3 is 1.95 bits per heavy atom. The van der Waals surface area contributed by atoms with E-state index in [1.54, 1.807) is 11.8 Å². The standard InChI is InChI=1S/C18H19NOS/c1-14-12-13-18(19,21-14)20-17(15-8-4-2-5-9-15)16-10-6-3-7-11-16/h2-12,17H,13,19H2,1H3. The van der Waals surface area contributed by atoms with E-state index in [9.17, 15) is 0 Å². The number of allylic oxidation sites excluding steroid dienone is 1. The zero-order valence-electron chi connectivity index (χ0n) is 12.0. The Kier molecular flexibility index (Phi) is 4.15. The van der Waals surface area contributed by atoms with Gasteiger partial charge in [-0.2, -0.15) is 0 Å². The Labute approximate surface area is 130 Å². The molecule has 3 heteroatoms. The van der Waals surface area contributed by atoms with Gasteiger partial charge in [0.2, 0.25) is 0 Å². The summed E-state index contributed by atoms with van der Waals surface area (Å²) in [6.45, 7) is 2.07. The molecule has 3 rings (SSSR count). The van der Waals surface area contributed by atoms with Crippen LogP contribution in [0.3, 0.4) is 0 Å². The van der Waals surface area contributed by atoms with Crippen LogP contribution in [0, 0.1) is 0 Å². The van der Waals surface area contributed by atoms with Crippen molar-refractivity contribution in [1.29, 1.82) is 0 Å². The van der Waals surface area contributed by atoms with E-state index in [1.165, 1.54) is 4.91 Å². The number of benzene rings is 2. The van der Waals surface area contributed by atoms with Crippen molar-refractivity contribution in [3.8, 4) is 0 Å². The first-order valence-corrected chi connectivity index (χ1v) is 7.90. The van der Waals surface area contributed by atoms with E-state index in [-0.39, 0.29) is 6.10 Å². The first-order chi connectivity index (χ1) is 10.2. The predicted octanol–water partition coefficient (Wildman–Crippen LogP) is 4.45. The summed E-state index contributed by atoms with van der Waals surface area (Å²) in [5.41, 5.74) is 8.66. The summed E-state index contributed by atoms with van der Waals surface area (Å²) in [6.07, 6.45) is 2.72. The maximum atomic E-state index is 6.41. The molecule has 0 saturated heterocycles. The third-order valence-electron chi connectivity index (χ3n) is 3.53. The van der Waals surface area contributed by atoms with Gasteiger partial charge in [-0.05, 0) is 23.0 Å². The van der Waals surface area contributed by atoms with Crippen LogP contribution in [0.25, 0.3) is 0 Å². The van der Waals surface area contributed by atoms with Crippen LogP contribution in [0.4, 0.5) is 0 Å². The lowest BCUT2D eigenvalue weighted by molar-refractivity contribution is -0.00916. The zero-order valence-corrected chi connectivity index (χ0v) is 12.8. The molecule has 0 aliphatic carbocycles.